The van der Waals surface area contributed by atoms with Gasteiger partial charge in [0.1, 0.15) is 11.6 Å². The predicted molar refractivity (Wildman–Crippen MR) is 158 cm³/mol. The van der Waals surface area contributed by atoms with Gasteiger partial charge in [0, 0.05) is 33.4 Å². The van der Waals surface area contributed by atoms with E-state index in [2.05, 4.69) is 11.0 Å². The molecule has 1 spiro atoms. The van der Waals surface area contributed by atoms with Crippen molar-refractivity contribution in [3.05, 3.63) is 59.4 Å². The van der Waals surface area contributed by atoms with E-state index in [1.165, 1.54) is 23.1 Å². The quantitative estimate of drug-likeness (QED) is 0.255. The number of hydrogen-bond acceptors (Lipinski definition) is 8. The zero-order chi connectivity index (χ0) is 33.7. The normalized spacial score (nSPS) is 16.4. The fraction of sp³-hybridized carbons (Fsp3) is 0.452. The highest BCUT2D eigenvalue weighted by Crippen LogP contribution is 2.47. The molecule has 5 N–H and O–H groups in total. The van der Waals surface area contributed by atoms with E-state index in [4.69, 9.17) is 20.4 Å². The number of likely N-dealkylation sites (N-methyl/N-ethyl adjacent to an activating group) is 1. The molecule has 2 amide bonds. The van der Waals surface area contributed by atoms with Gasteiger partial charge in [-0.25, -0.2) is 9.18 Å². The molecule has 1 fully saturated rings. The van der Waals surface area contributed by atoms with E-state index < -0.39 is 53.5 Å². The average Bonchev–Trinajstić information content (AvgIpc) is 3.16. The van der Waals surface area contributed by atoms with Crippen molar-refractivity contribution in [2.75, 3.05) is 45.7 Å². The first-order chi connectivity index (χ1) is 21.0. The summed E-state index contributed by atoms with van der Waals surface area (Å²) >= 11 is 0. The Bertz CT molecular complexity index is 1440. The maximum atomic E-state index is 14.3. The summed E-state index contributed by atoms with van der Waals surface area (Å²) in [4.78, 5) is 62.0. The lowest BCUT2D eigenvalue weighted by Crippen LogP contribution is -2.50. The number of piperidine rings is 1. The third kappa shape index (κ3) is 7.94. The number of carboxylic acid groups (broad SMARTS) is 3. The zero-order valence-electron chi connectivity index (χ0n) is 25.3. The van der Waals surface area contributed by atoms with E-state index in [1.54, 1.807) is 19.0 Å². The van der Waals surface area contributed by atoms with Crippen LogP contribution in [0.5, 0.6) is 5.75 Å². The molecule has 0 aliphatic carbocycles. The number of benzene rings is 2. The van der Waals surface area contributed by atoms with Gasteiger partial charge in [0.25, 0.3) is 0 Å². The molecule has 14 heteroatoms. The molecule has 2 heterocycles. The van der Waals surface area contributed by atoms with Crippen LogP contribution in [-0.2, 0) is 35.8 Å². The highest BCUT2D eigenvalue weighted by atomic mass is 19.1. The Morgan fingerprint density at radius 2 is 1.58 bits per heavy atom. The topological polar surface area (TPSA) is 196 Å². The molecule has 0 bridgehead atoms. The number of aliphatic hydroxyl groups is 1. The smallest absolute Gasteiger partial charge is 0.336 e. The van der Waals surface area contributed by atoms with Crippen molar-refractivity contribution in [1.29, 1.82) is 0 Å². The number of carbonyl (C=O) groups is 5. The number of rotatable bonds is 10. The van der Waals surface area contributed by atoms with Gasteiger partial charge in [-0.3, -0.25) is 19.2 Å². The number of halogens is 1. The molecule has 0 radical (unpaired) electrons. The summed E-state index contributed by atoms with van der Waals surface area (Å²) in [5.74, 6) is -5.83. The lowest BCUT2D eigenvalue weighted by atomic mass is 9.73. The second kappa shape index (κ2) is 14.0. The van der Waals surface area contributed by atoms with Gasteiger partial charge >= 0.3 is 17.9 Å². The highest BCUT2D eigenvalue weighted by molar-refractivity contribution is 6.07. The van der Waals surface area contributed by atoms with E-state index in [0.29, 0.717) is 38.0 Å². The largest absolute Gasteiger partial charge is 0.508 e. The molecule has 2 aliphatic rings. The van der Waals surface area contributed by atoms with Crippen LogP contribution in [0, 0.1) is 11.7 Å². The van der Waals surface area contributed by atoms with Crippen molar-refractivity contribution in [1.82, 2.24) is 9.80 Å². The summed E-state index contributed by atoms with van der Waals surface area (Å²) in [5, 5.41) is 43.6. The fourth-order valence-corrected chi connectivity index (χ4v) is 5.92. The molecular weight excluding hydrogens is 593 g/mol. The Morgan fingerprint density at radius 3 is 2.11 bits per heavy atom. The molecule has 0 saturated carbocycles. The standard InChI is InChI=1S/C25H30FN3O3.C6H8O7/c1-27(2)23(31)18(14-17-15-19(30)8-9-21(17)26)16-29-12-10-25(11-13-29)20-6-4-5-7-22(20)28(3)24(25)32;7-3(8)1-6(13,5(11)12)2-4(9)10/h4-9,15,18,30H,10-14,16H2,1-3H3;13H,1-2H2,(H,7,8)(H,9,10)(H,11,12). The maximum absolute atomic E-state index is 14.3. The SMILES string of the molecule is CN(C)C(=O)C(Cc1cc(O)ccc1F)CN1CCC2(CC1)C(=O)N(C)c1ccccc12.O=C(O)CC(O)(CC(=O)O)C(=O)O. The van der Waals surface area contributed by atoms with Crippen LogP contribution in [0.25, 0.3) is 0 Å². The van der Waals surface area contributed by atoms with E-state index in [1.807, 2.05) is 25.2 Å². The van der Waals surface area contributed by atoms with E-state index >= 15 is 0 Å². The number of carboxylic acids is 3. The summed E-state index contributed by atoms with van der Waals surface area (Å²) in [6.07, 6.45) is -0.695. The van der Waals surface area contributed by atoms with E-state index in [0.717, 1.165) is 11.3 Å². The highest BCUT2D eigenvalue weighted by Gasteiger charge is 2.51. The van der Waals surface area contributed by atoms with Gasteiger partial charge < -0.3 is 40.2 Å². The Labute approximate surface area is 259 Å². The number of nitrogens with zero attached hydrogens (tertiary/aromatic N) is 3. The van der Waals surface area contributed by atoms with Gasteiger partial charge in [-0.15, -0.1) is 0 Å². The Hall–Kier alpha value is -4.56. The molecule has 1 unspecified atom stereocenters. The number of aromatic hydroxyl groups is 1. The van der Waals surface area contributed by atoms with Crippen LogP contribution in [0.3, 0.4) is 0 Å². The van der Waals surface area contributed by atoms with E-state index in [9.17, 15) is 33.5 Å². The summed E-state index contributed by atoms with van der Waals surface area (Å²) in [6.45, 7) is 1.86. The van der Waals surface area contributed by atoms with Crippen molar-refractivity contribution < 1.29 is 53.9 Å². The van der Waals surface area contributed by atoms with Crippen LogP contribution in [0.2, 0.25) is 0 Å². The van der Waals surface area contributed by atoms with Crippen molar-refractivity contribution in [2.45, 2.75) is 43.1 Å². The molecule has 0 aromatic heterocycles. The average molecular weight is 632 g/mol. The number of aliphatic carboxylic acids is 3. The minimum absolute atomic E-state index is 0.0140. The van der Waals surface area contributed by atoms with Crippen molar-refractivity contribution in [3.8, 4) is 5.75 Å². The molecule has 1 saturated heterocycles. The van der Waals surface area contributed by atoms with Gasteiger partial charge in [0.15, 0.2) is 5.60 Å². The number of amides is 2. The third-order valence-corrected chi connectivity index (χ3v) is 8.25. The summed E-state index contributed by atoms with van der Waals surface area (Å²) < 4.78 is 14.3. The molecule has 13 nitrogen and oxygen atoms in total. The first-order valence-corrected chi connectivity index (χ1v) is 14.2. The van der Waals surface area contributed by atoms with Gasteiger partial charge in [0.05, 0.1) is 24.2 Å². The minimum atomic E-state index is -2.74. The molecule has 2 aliphatic heterocycles. The molecule has 45 heavy (non-hydrogen) atoms. The summed E-state index contributed by atoms with van der Waals surface area (Å²) in [6, 6.07) is 11.9. The van der Waals surface area contributed by atoms with Crippen LogP contribution in [0.1, 0.15) is 36.8 Å². The molecular formula is C31H38FN3O10. The molecule has 2 aromatic rings. The number of para-hydroxylation sites is 1. The monoisotopic (exact) mass is 631 g/mol. The zero-order valence-corrected chi connectivity index (χ0v) is 25.3. The van der Waals surface area contributed by atoms with Gasteiger partial charge in [-0.2, -0.15) is 0 Å². The lowest BCUT2D eigenvalue weighted by molar-refractivity contribution is -0.170. The predicted octanol–water partition coefficient (Wildman–Crippen LogP) is 1.54. The summed E-state index contributed by atoms with van der Waals surface area (Å²) in [5.41, 5.74) is -0.834. The van der Waals surface area contributed by atoms with Crippen LogP contribution < -0.4 is 4.90 Å². The van der Waals surface area contributed by atoms with Crippen LogP contribution in [-0.4, -0.2) is 111 Å². The molecule has 244 valence electrons. The number of hydrogen-bond donors (Lipinski definition) is 5. The van der Waals surface area contributed by atoms with Crippen molar-refractivity contribution in [3.63, 3.8) is 0 Å². The first-order valence-electron chi connectivity index (χ1n) is 14.2. The second-order valence-corrected chi connectivity index (χ2v) is 11.7. The number of fused-ring (bicyclic) bond motifs is 2. The lowest BCUT2D eigenvalue weighted by Gasteiger charge is -2.39. The number of anilines is 1. The molecule has 1 atom stereocenters. The van der Waals surface area contributed by atoms with E-state index in [-0.39, 0.29) is 24.0 Å². The maximum Gasteiger partial charge on any atom is 0.336 e. The minimum Gasteiger partial charge on any atom is -0.508 e. The van der Waals surface area contributed by atoms with Crippen LogP contribution in [0.4, 0.5) is 10.1 Å². The first kappa shape index (κ1) is 34.9. The van der Waals surface area contributed by atoms with Gasteiger partial charge in [-0.05, 0) is 67.7 Å². The number of likely N-dealkylation sites (tertiary alicyclic amines) is 1. The molecule has 2 aromatic carbocycles. The number of carbonyl (C=O) groups excluding carboxylic acids is 2. The van der Waals surface area contributed by atoms with Crippen LogP contribution >= 0.6 is 0 Å². The Balaban J connectivity index is 0.000000360. The number of phenolic OH excluding ortho intramolecular Hbond substituents is 1. The summed E-state index contributed by atoms with van der Waals surface area (Å²) in [7, 11) is 5.23. The Morgan fingerprint density at radius 1 is 1.00 bits per heavy atom. The third-order valence-electron chi connectivity index (χ3n) is 8.25. The second-order valence-electron chi connectivity index (χ2n) is 11.7. The fourth-order valence-electron chi connectivity index (χ4n) is 5.92. The van der Waals surface area contributed by atoms with Gasteiger partial charge in [0.2, 0.25) is 11.8 Å². The Kier molecular flexibility index (Phi) is 10.9. The molecule has 4 rings (SSSR count). The van der Waals surface area contributed by atoms with Gasteiger partial charge in [-0.1, -0.05) is 18.2 Å². The van der Waals surface area contributed by atoms with Crippen molar-refractivity contribution >= 4 is 35.4 Å². The van der Waals surface area contributed by atoms with Crippen LogP contribution in [0.15, 0.2) is 42.5 Å². The number of phenols is 1. The van der Waals surface area contributed by atoms with Crippen molar-refractivity contribution in [2.24, 2.45) is 5.92 Å².